The van der Waals surface area contributed by atoms with Gasteiger partial charge in [0.2, 0.25) is 0 Å². The van der Waals surface area contributed by atoms with Crippen molar-refractivity contribution < 1.29 is 22.7 Å². The van der Waals surface area contributed by atoms with E-state index in [9.17, 15) is 13.6 Å². The van der Waals surface area contributed by atoms with Crippen LogP contribution in [0.5, 0.6) is 0 Å². The SMILES string of the molecule is COC(=O)c1coc(CNc2ccc(F)cc2F)c1. The highest BCUT2D eigenvalue weighted by Gasteiger charge is 2.10. The van der Waals surface area contributed by atoms with E-state index in [1.165, 1.54) is 25.5 Å². The Labute approximate surface area is 108 Å². The molecule has 0 saturated heterocycles. The molecule has 0 amide bonds. The fourth-order valence-electron chi connectivity index (χ4n) is 1.51. The number of ether oxygens (including phenoxy) is 1. The van der Waals surface area contributed by atoms with E-state index in [0.29, 0.717) is 5.76 Å². The molecule has 4 nitrogen and oxygen atoms in total. The molecule has 0 radical (unpaired) electrons. The number of benzene rings is 1. The summed E-state index contributed by atoms with van der Waals surface area (Å²) in [5, 5.41) is 2.74. The number of methoxy groups -OCH3 is 1. The van der Waals surface area contributed by atoms with Crippen molar-refractivity contribution in [3.8, 4) is 0 Å². The maximum Gasteiger partial charge on any atom is 0.341 e. The fourth-order valence-corrected chi connectivity index (χ4v) is 1.51. The van der Waals surface area contributed by atoms with Crippen LogP contribution in [-0.2, 0) is 11.3 Å². The summed E-state index contributed by atoms with van der Waals surface area (Å²) in [6.45, 7) is 0.166. The second-order valence-electron chi connectivity index (χ2n) is 3.77. The summed E-state index contributed by atoms with van der Waals surface area (Å²) >= 11 is 0. The molecule has 1 N–H and O–H groups in total. The fraction of sp³-hybridized carbons (Fsp3) is 0.154. The van der Waals surface area contributed by atoms with Gasteiger partial charge in [-0.1, -0.05) is 0 Å². The maximum atomic E-state index is 13.3. The zero-order chi connectivity index (χ0) is 13.8. The van der Waals surface area contributed by atoms with E-state index < -0.39 is 17.6 Å². The van der Waals surface area contributed by atoms with Crippen molar-refractivity contribution in [2.45, 2.75) is 6.54 Å². The minimum atomic E-state index is -0.695. The molecule has 0 aliphatic carbocycles. The van der Waals surface area contributed by atoms with Crippen LogP contribution in [-0.4, -0.2) is 13.1 Å². The lowest BCUT2D eigenvalue weighted by Gasteiger charge is -2.05. The van der Waals surface area contributed by atoms with Gasteiger partial charge in [-0.25, -0.2) is 13.6 Å². The molecule has 2 rings (SSSR count). The van der Waals surface area contributed by atoms with Gasteiger partial charge in [0.05, 0.1) is 24.9 Å². The largest absolute Gasteiger partial charge is 0.467 e. The Balaban J connectivity index is 2.02. The van der Waals surface area contributed by atoms with Crippen molar-refractivity contribution in [1.29, 1.82) is 0 Å². The number of anilines is 1. The molecular formula is C13H11F2NO3. The van der Waals surface area contributed by atoms with E-state index in [1.807, 2.05) is 0 Å². The summed E-state index contributed by atoms with van der Waals surface area (Å²) in [6, 6.07) is 4.70. The van der Waals surface area contributed by atoms with Crippen molar-refractivity contribution in [3.63, 3.8) is 0 Å². The van der Waals surface area contributed by atoms with Gasteiger partial charge in [0.25, 0.3) is 0 Å². The third-order valence-corrected chi connectivity index (χ3v) is 2.46. The van der Waals surface area contributed by atoms with Crippen LogP contribution >= 0.6 is 0 Å². The first kappa shape index (κ1) is 13.1. The van der Waals surface area contributed by atoms with Gasteiger partial charge in [-0.3, -0.25) is 0 Å². The summed E-state index contributed by atoms with van der Waals surface area (Å²) < 4.78 is 35.7. The molecule has 1 heterocycles. The predicted molar refractivity (Wildman–Crippen MR) is 63.7 cm³/mol. The highest BCUT2D eigenvalue weighted by molar-refractivity contribution is 5.88. The normalized spacial score (nSPS) is 10.3. The van der Waals surface area contributed by atoms with E-state index in [1.54, 1.807) is 0 Å². The lowest BCUT2D eigenvalue weighted by molar-refractivity contribution is 0.0600. The molecule has 2 aromatic rings. The summed E-state index contributed by atoms with van der Waals surface area (Å²) in [6.07, 6.45) is 1.25. The van der Waals surface area contributed by atoms with Crippen LogP contribution in [0, 0.1) is 11.6 Å². The Kier molecular flexibility index (Phi) is 3.79. The number of halogens is 2. The topological polar surface area (TPSA) is 51.5 Å². The van der Waals surface area contributed by atoms with Gasteiger partial charge >= 0.3 is 5.97 Å². The van der Waals surface area contributed by atoms with Gasteiger partial charge in [0, 0.05) is 6.07 Å². The number of rotatable bonds is 4. The van der Waals surface area contributed by atoms with Crippen molar-refractivity contribution in [1.82, 2.24) is 0 Å². The Morgan fingerprint density at radius 1 is 1.37 bits per heavy atom. The Morgan fingerprint density at radius 3 is 2.84 bits per heavy atom. The zero-order valence-corrected chi connectivity index (χ0v) is 10.1. The first-order chi connectivity index (χ1) is 9.10. The van der Waals surface area contributed by atoms with E-state index in [-0.39, 0.29) is 17.8 Å². The molecule has 19 heavy (non-hydrogen) atoms. The highest BCUT2D eigenvalue weighted by Crippen LogP contribution is 2.17. The molecule has 100 valence electrons. The molecular weight excluding hydrogens is 256 g/mol. The van der Waals surface area contributed by atoms with Gasteiger partial charge in [0.1, 0.15) is 23.7 Å². The Morgan fingerprint density at radius 2 is 2.16 bits per heavy atom. The Bertz CT molecular complexity index is 595. The first-order valence-electron chi connectivity index (χ1n) is 5.45. The molecule has 0 saturated carbocycles. The number of hydrogen-bond acceptors (Lipinski definition) is 4. The molecule has 0 aliphatic rings. The van der Waals surface area contributed by atoms with E-state index >= 15 is 0 Å². The van der Waals surface area contributed by atoms with E-state index in [0.717, 1.165) is 12.1 Å². The standard InChI is InChI=1S/C13H11F2NO3/c1-18-13(17)8-4-10(19-7-8)6-16-12-3-2-9(14)5-11(12)15/h2-5,7,16H,6H2,1H3. The molecule has 1 aromatic heterocycles. The summed E-state index contributed by atoms with van der Waals surface area (Å²) in [7, 11) is 1.27. The first-order valence-corrected chi connectivity index (χ1v) is 5.45. The van der Waals surface area contributed by atoms with Crippen LogP contribution in [0.1, 0.15) is 16.1 Å². The molecule has 0 aliphatic heterocycles. The minimum absolute atomic E-state index is 0.150. The summed E-state index contributed by atoms with van der Waals surface area (Å²) in [4.78, 5) is 11.2. The van der Waals surface area contributed by atoms with Crippen LogP contribution in [0.4, 0.5) is 14.5 Å². The quantitative estimate of drug-likeness (QED) is 0.865. The summed E-state index contributed by atoms with van der Waals surface area (Å²) in [5.41, 5.74) is 0.427. The maximum absolute atomic E-state index is 13.3. The molecule has 0 spiro atoms. The number of esters is 1. The number of carbonyl (C=O) groups is 1. The molecule has 0 bridgehead atoms. The number of nitrogens with one attached hydrogen (secondary N) is 1. The van der Waals surface area contributed by atoms with Gasteiger partial charge in [-0.2, -0.15) is 0 Å². The average molecular weight is 267 g/mol. The van der Waals surface area contributed by atoms with Crippen molar-refractivity contribution in [3.05, 3.63) is 53.5 Å². The van der Waals surface area contributed by atoms with Crippen LogP contribution in [0.25, 0.3) is 0 Å². The van der Waals surface area contributed by atoms with Crippen molar-refractivity contribution in [2.75, 3.05) is 12.4 Å². The van der Waals surface area contributed by atoms with Gasteiger partial charge in [0.15, 0.2) is 0 Å². The molecule has 0 atom stereocenters. The van der Waals surface area contributed by atoms with E-state index in [2.05, 4.69) is 10.1 Å². The zero-order valence-electron chi connectivity index (χ0n) is 10.1. The molecule has 1 aromatic carbocycles. The van der Waals surface area contributed by atoms with Crippen molar-refractivity contribution in [2.24, 2.45) is 0 Å². The van der Waals surface area contributed by atoms with Crippen LogP contribution in [0.3, 0.4) is 0 Å². The lowest BCUT2D eigenvalue weighted by atomic mass is 10.2. The number of carbonyl (C=O) groups excluding carboxylic acids is 1. The molecule has 0 unspecified atom stereocenters. The third-order valence-electron chi connectivity index (χ3n) is 2.46. The lowest BCUT2D eigenvalue weighted by Crippen LogP contribution is -2.01. The van der Waals surface area contributed by atoms with Crippen LogP contribution < -0.4 is 5.32 Å². The smallest absolute Gasteiger partial charge is 0.341 e. The van der Waals surface area contributed by atoms with Gasteiger partial charge in [-0.15, -0.1) is 0 Å². The van der Waals surface area contributed by atoms with Gasteiger partial charge < -0.3 is 14.5 Å². The Hall–Kier alpha value is -2.37. The molecule has 0 fully saturated rings. The number of furan rings is 1. The monoisotopic (exact) mass is 267 g/mol. The second kappa shape index (κ2) is 5.51. The third kappa shape index (κ3) is 3.09. The van der Waals surface area contributed by atoms with Crippen molar-refractivity contribution >= 4 is 11.7 Å². The van der Waals surface area contributed by atoms with Gasteiger partial charge in [-0.05, 0) is 18.2 Å². The summed E-state index contributed by atoms with van der Waals surface area (Å²) in [5.74, 6) is -1.42. The predicted octanol–water partition coefficient (Wildman–Crippen LogP) is 2.96. The number of hydrogen-bond donors (Lipinski definition) is 1. The average Bonchev–Trinajstić information content (AvgIpc) is 2.85. The second-order valence-corrected chi connectivity index (χ2v) is 3.77. The van der Waals surface area contributed by atoms with Crippen LogP contribution in [0.2, 0.25) is 0 Å². The minimum Gasteiger partial charge on any atom is -0.467 e. The highest BCUT2D eigenvalue weighted by atomic mass is 19.1. The van der Waals surface area contributed by atoms with E-state index in [4.69, 9.17) is 4.42 Å². The molecule has 6 heteroatoms. The van der Waals surface area contributed by atoms with Crippen LogP contribution in [0.15, 0.2) is 34.9 Å².